The zero-order chi connectivity index (χ0) is 27.2. The van der Waals surface area contributed by atoms with Gasteiger partial charge in [-0.25, -0.2) is 4.98 Å². The minimum atomic E-state index is -0.721. The Morgan fingerprint density at radius 1 is 1.32 bits per heavy atom. The number of anilines is 1. The van der Waals surface area contributed by atoms with Crippen LogP contribution in [0.15, 0.2) is 41.8 Å². The van der Waals surface area contributed by atoms with Gasteiger partial charge in [-0.3, -0.25) is 9.69 Å². The number of rotatable bonds is 10. The number of carboxylic acid groups (broad SMARTS) is 1. The highest BCUT2D eigenvalue weighted by molar-refractivity contribution is 7.14. The molecule has 1 aliphatic rings. The number of aryl methyl sites for hydroxylation is 1. The Morgan fingerprint density at radius 3 is 2.84 bits per heavy atom. The Kier molecular flexibility index (Phi) is 9.00. The number of nitriles is 1. The van der Waals surface area contributed by atoms with Crippen molar-refractivity contribution in [2.45, 2.75) is 33.4 Å². The maximum Gasteiger partial charge on any atom is 0.306 e. The molecule has 0 radical (unpaired) electrons. The number of nitrogens with zero attached hydrogens (tertiary/aromatic N) is 4. The molecule has 1 aromatic heterocycles. The third-order valence-electron chi connectivity index (χ3n) is 7.01. The quantitative estimate of drug-likeness (QED) is 0.390. The smallest absolute Gasteiger partial charge is 0.306 e. The molecule has 0 saturated carbocycles. The van der Waals surface area contributed by atoms with Gasteiger partial charge in [0.1, 0.15) is 12.4 Å². The average molecular weight is 535 g/mol. The maximum absolute atomic E-state index is 11.5. The largest absolute Gasteiger partial charge is 0.488 e. The molecule has 38 heavy (non-hydrogen) atoms. The van der Waals surface area contributed by atoms with E-state index in [2.05, 4.69) is 17.0 Å². The second kappa shape index (κ2) is 12.4. The summed E-state index contributed by atoms with van der Waals surface area (Å²) >= 11 is 1.56. The highest BCUT2D eigenvalue weighted by Crippen LogP contribution is 2.36. The van der Waals surface area contributed by atoms with Crippen LogP contribution in [-0.4, -0.2) is 59.4 Å². The summed E-state index contributed by atoms with van der Waals surface area (Å²) in [6.45, 7) is 6.93. The minimum Gasteiger partial charge on any atom is -0.488 e. The van der Waals surface area contributed by atoms with Crippen LogP contribution in [0.4, 0.5) is 5.13 Å². The Bertz CT molecular complexity index is 1320. The van der Waals surface area contributed by atoms with Crippen LogP contribution < -0.4 is 9.64 Å². The molecule has 4 rings (SSSR count). The van der Waals surface area contributed by atoms with Crippen LogP contribution in [0.2, 0.25) is 0 Å². The van der Waals surface area contributed by atoms with E-state index in [1.165, 1.54) is 0 Å². The fourth-order valence-electron chi connectivity index (χ4n) is 4.86. The number of aliphatic hydroxyl groups excluding tert-OH is 1. The zero-order valence-electron chi connectivity index (χ0n) is 22.1. The number of aliphatic carboxylic acids is 1. The van der Waals surface area contributed by atoms with Crippen LogP contribution in [0.5, 0.6) is 5.75 Å². The Morgan fingerprint density at radius 2 is 2.13 bits per heavy atom. The molecular weight excluding hydrogens is 500 g/mol. The number of piperidine rings is 1. The number of thiazole rings is 1. The number of aromatic nitrogens is 1. The van der Waals surface area contributed by atoms with Crippen LogP contribution in [0, 0.1) is 30.1 Å². The van der Waals surface area contributed by atoms with Crippen molar-refractivity contribution in [2.75, 3.05) is 38.2 Å². The first-order chi connectivity index (χ1) is 18.3. The summed E-state index contributed by atoms with van der Waals surface area (Å²) in [6, 6.07) is 14.1. The molecule has 2 N–H and O–H groups in total. The van der Waals surface area contributed by atoms with Crippen molar-refractivity contribution in [3.05, 3.63) is 64.0 Å². The number of benzene rings is 2. The van der Waals surface area contributed by atoms with Crippen molar-refractivity contribution in [1.29, 1.82) is 5.26 Å². The van der Waals surface area contributed by atoms with E-state index in [9.17, 15) is 15.2 Å². The first-order valence-corrected chi connectivity index (χ1v) is 13.7. The van der Waals surface area contributed by atoms with Crippen molar-refractivity contribution in [3.63, 3.8) is 0 Å². The lowest BCUT2D eigenvalue weighted by atomic mass is 9.87. The van der Waals surface area contributed by atoms with Crippen molar-refractivity contribution in [1.82, 2.24) is 9.88 Å². The molecule has 0 spiro atoms. The molecule has 2 atom stereocenters. The molecule has 0 bridgehead atoms. The summed E-state index contributed by atoms with van der Waals surface area (Å²) in [4.78, 5) is 20.6. The van der Waals surface area contributed by atoms with E-state index < -0.39 is 5.97 Å². The fraction of sp³-hybridized carbons (Fsp3) is 0.414. The van der Waals surface area contributed by atoms with Gasteiger partial charge in [-0.15, -0.1) is 11.3 Å². The summed E-state index contributed by atoms with van der Waals surface area (Å²) in [5, 5.41) is 31.2. The van der Waals surface area contributed by atoms with E-state index in [1.807, 2.05) is 61.5 Å². The number of aliphatic hydroxyl groups is 1. The Hall–Kier alpha value is -3.45. The third-order valence-corrected chi connectivity index (χ3v) is 7.91. The molecule has 1 fully saturated rings. The molecule has 1 saturated heterocycles. The van der Waals surface area contributed by atoms with Crippen LogP contribution in [0.1, 0.15) is 35.6 Å². The molecule has 8 nitrogen and oxygen atoms in total. The second-order valence-corrected chi connectivity index (χ2v) is 10.9. The fourth-order valence-corrected chi connectivity index (χ4v) is 5.72. The maximum atomic E-state index is 11.5. The second-order valence-electron chi connectivity index (χ2n) is 10.0. The molecule has 1 aliphatic heterocycles. The van der Waals surface area contributed by atoms with Crippen molar-refractivity contribution in [2.24, 2.45) is 11.8 Å². The van der Waals surface area contributed by atoms with Crippen LogP contribution in [0.25, 0.3) is 11.3 Å². The van der Waals surface area contributed by atoms with Gasteiger partial charge in [-0.1, -0.05) is 30.7 Å². The SMILES string of the molecule is Cc1ccc(OCc2ccc(CN(C)CCO)cc2C#N)c(-c2csc(N3CCC(C(=O)O)C(C)C3)n2)c1. The molecule has 2 unspecified atom stereocenters. The van der Waals surface area contributed by atoms with E-state index >= 15 is 0 Å². The highest BCUT2D eigenvalue weighted by atomic mass is 32.1. The van der Waals surface area contributed by atoms with Gasteiger partial charge in [0.2, 0.25) is 0 Å². The molecule has 200 valence electrons. The molecular formula is C29H34N4O4S. The molecule has 3 aromatic rings. The topological polar surface area (TPSA) is 110 Å². The zero-order valence-corrected chi connectivity index (χ0v) is 22.9. The third kappa shape index (κ3) is 6.51. The predicted octanol–water partition coefficient (Wildman–Crippen LogP) is 4.54. The molecule has 2 aromatic carbocycles. The van der Waals surface area contributed by atoms with Gasteiger partial charge in [0.15, 0.2) is 5.13 Å². The summed E-state index contributed by atoms with van der Waals surface area (Å²) in [7, 11) is 1.93. The van der Waals surface area contributed by atoms with E-state index in [4.69, 9.17) is 14.8 Å². The highest BCUT2D eigenvalue weighted by Gasteiger charge is 2.32. The van der Waals surface area contributed by atoms with Gasteiger partial charge in [0.25, 0.3) is 0 Å². The Labute approximate surface area is 227 Å². The molecule has 2 heterocycles. The first-order valence-electron chi connectivity index (χ1n) is 12.8. The van der Waals surface area contributed by atoms with Gasteiger partial charge in [-0.05, 0) is 50.1 Å². The van der Waals surface area contributed by atoms with Crippen molar-refractivity contribution >= 4 is 22.4 Å². The summed E-state index contributed by atoms with van der Waals surface area (Å²) in [6.07, 6.45) is 0.613. The first kappa shape index (κ1) is 27.6. The van der Waals surface area contributed by atoms with Gasteiger partial charge in [-0.2, -0.15) is 5.26 Å². The van der Waals surface area contributed by atoms with E-state index in [-0.39, 0.29) is 25.0 Å². The number of carboxylic acids is 1. The van der Waals surface area contributed by atoms with E-state index in [0.29, 0.717) is 43.9 Å². The molecule has 9 heteroatoms. The summed E-state index contributed by atoms with van der Waals surface area (Å²) < 4.78 is 6.24. The standard InChI is InChI=1S/C29H34N4O4S/c1-19-4-7-27(37-17-22-6-5-21(13-23(22)14-30)16-32(3)10-11-34)25(12-19)26-18-38-29(31-26)33-9-8-24(28(35)36)20(2)15-33/h4-7,12-13,18,20,24,34H,8-11,15-17H2,1-3H3,(H,35,36). The Balaban J connectivity index is 1.50. The summed E-state index contributed by atoms with van der Waals surface area (Å²) in [5.41, 5.74) is 5.19. The number of hydrogen-bond donors (Lipinski definition) is 2. The average Bonchev–Trinajstić information content (AvgIpc) is 3.38. The number of likely N-dealkylation sites (N-methyl/N-ethyl adjacent to an activating group) is 1. The predicted molar refractivity (Wildman–Crippen MR) is 148 cm³/mol. The van der Waals surface area contributed by atoms with Gasteiger partial charge >= 0.3 is 5.97 Å². The van der Waals surface area contributed by atoms with Gasteiger partial charge < -0.3 is 19.8 Å². The normalized spacial score (nSPS) is 17.4. The van der Waals surface area contributed by atoms with Crippen molar-refractivity contribution < 1.29 is 19.7 Å². The number of ether oxygens (including phenoxy) is 1. The lowest BCUT2D eigenvalue weighted by Crippen LogP contribution is -2.42. The molecule has 0 amide bonds. The molecule has 0 aliphatic carbocycles. The van der Waals surface area contributed by atoms with Crippen LogP contribution in [0.3, 0.4) is 0 Å². The van der Waals surface area contributed by atoms with E-state index in [1.54, 1.807) is 11.3 Å². The lowest BCUT2D eigenvalue weighted by molar-refractivity contribution is -0.144. The van der Waals surface area contributed by atoms with E-state index in [0.717, 1.165) is 33.1 Å². The van der Waals surface area contributed by atoms with Crippen molar-refractivity contribution in [3.8, 4) is 23.1 Å². The summed E-state index contributed by atoms with van der Waals surface area (Å²) in [5.74, 6) is -0.277. The van der Waals surface area contributed by atoms with Gasteiger partial charge in [0, 0.05) is 42.7 Å². The number of hydrogen-bond acceptors (Lipinski definition) is 8. The lowest BCUT2D eigenvalue weighted by Gasteiger charge is -2.34. The van der Waals surface area contributed by atoms with Crippen LogP contribution in [-0.2, 0) is 17.9 Å². The van der Waals surface area contributed by atoms with Gasteiger partial charge in [0.05, 0.1) is 29.9 Å². The van der Waals surface area contributed by atoms with Crippen LogP contribution >= 0.6 is 11.3 Å². The monoisotopic (exact) mass is 534 g/mol. The minimum absolute atomic E-state index is 0.0576. The number of carbonyl (C=O) groups is 1.